The molecule has 0 heterocycles. The van der Waals surface area contributed by atoms with Crippen LogP contribution in [0.15, 0.2) is 30.3 Å². The Morgan fingerprint density at radius 1 is 1.19 bits per heavy atom. The van der Waals surface area contributed by atoms with Crippen LogP contribution in [0.25, 0.3) is 0 Å². The fourth-order valence-corrected chi connectivity index (χ4v) is 3.71. The normalized spacial score (nSPS) is 12.3. The van der Waals surface area contributed by atoms with Crippen molar-refractivity contribution in [3.05, 3.63) is 30.3 Å². The van der Waals surface area contributed by atoms with Crippen molar-refractivity contribution in [3.8, 4) is 0 Å². The van der Waals surface area contributed by atoms with Crippen LogP contribution < -0.4 is 4.46 Å². The van der Waals surface area contributed by atoms with E-state index in [-0.39, 0.29) is 4.82 Å². The number of aldehydes is 1. The average molecular weight is 283 g/mol. The maximum absolute atomic E-state index is 11.0. The number of carbonyl (C=O) groups excluding carboxylic acids is 1. The Kier molecular flexibility index (Phi) is 7.20. The van der Waals surface area contributed by atoms with Crippen molar-refractivity contribution in [2.24, 2.45) is 0 Å². The van der Waals surface area contributed by atoms with Gasteiger partial charge in [0, 0.05) is 0 Å². The first-order chi connectivity index (χ1) is 7.86. The molecule has 0 aromatic heterocycles. The molecule has 0 amide bonds. The Morgan fingerprint density at radius 3 is 2.56 bits per heavy atom. The molecule has 1 nitrogen and oxygen atoms in total. The zero-order valence-electron chi connectivity index (χ0n) is 9.89. The molecule has 1 atom stereocenters. The Hall–Kier alpha value is -0.591. The molecule has 0 bridgehead atoms. The first-order valence-electron chi connectivity index (χ1n) is 6.03. The van der Waals surface area contributed by atoms with E-state index >= 15 is 0 Å². The molecular weight excluding hydrogens is 263 g/mol. The summed E-state index contributed by atoms with van der Waals surface area (Å²) in [5.41, 5.74) is 0. The Balaban J connectivity index is 2.29. The summed E-state index contributed by atoms with van der Waals surface area (Å²) >= 11 is 0.315. The zero-order valence-corrected chi connectivity index (χ0v) is 11.6. The van der Waals surface area contributed by atoms with Crippen molar-refractivity contribution in [2.45, 2.75) is 43.8 Å². The summed E-state index contributed by atoms with van der Waals surface area (Å²) in [6, 6.07) is 10.4. The van der Waals surface area contributed by atoms with Gasteiger partial charge in [0.1, 0.15) is 0 Å². The van der Waals surface area contributed by atoms with Gasteiger partial charge in [-0.2, -0.15) is 0 Å². The zero-order chi connectivity index (χ0) is 11.6. The number of benzene rings is 1. The van der Waals surface area contributed by atoms with E-state index < -0.39 is 0 Å². The molecule has 0 N–H and O–H groups in total. The number of unbranched alkanes of at least 4 members (excludes halogenated alkanes) is 3. The minimum absolute atomic E-state index is 0.270. The van der Waals surface area contributed by atoms with Crippen molar-refractivity contribution in [1.82, 2.24) is 0 Å². The molecule has 0 fully saturated rings. The van der Waals surface area contributed by atoms with Gasteiger partial charge in [-0.15, -0.1) is 0 Å². The first-order valence-corrected chi connectivity index (χ1v) is 7.88. The molecule has 0 aliphatic rings. The van der Waals surface area contributed by atoms with Gasteiger partial charge in [-0.3, -0.25) is 0 Å². The Labute approximate surface area is 105 Å². The van der Waals surface area contributed by atoms with Crippen molar-refractivity contribution < 1.29 is 4.79 Å². The van der Waals surface area contributed by atoms with Gasteiger partial charge in [0.2, 0.25) is 0 Å². The molecule has 0 saturated carbocycles. The standard InChI is InChI=1S/C14H20OSe/c1-2-3-4-6-11-14(12-15)16-13-9-7-5-8-10-13/h5,7-10,12,14H,2-4,6,11H2,1H3. The summed E-state index contributed by atoms with van der Waals surface area (Å²) in [6.07, 6.45) is 7.24. The molecule has 1 aromatic carbocycles. The van der Waals surface area contributed by atoms with Gasteiger partial charge in [0.25, 0.3) is 0 Å². The van der Waals surface area contributed by atoms with Crippen LogP contribution in [-0.2, 0) is 4.79 Å². The predicted octanol–water partition coefficient (Wildman–Crippen LogP) is 2.97. The quantitative estimate of drug-likeness (QED) is 0.407. The van der Waals surface area contributed by atoms with Crippen LogP contribution >= 0.6 is 0 Å². The summed E-state index contributed by atoms with van der Waals surface area (Å²) in [5, 5.41) is 0. The summed E-state index contributed by atoms with van der Waals surface area (Å²) in [5.74, 6) is 0. The van der Waals surface area contributed by atoms with E-state index in [0.29, 0.717) is 15.0 Å². The van der Waals surface area contributed by atoms with Crippen molar-refractivity contribution in [3.63, 3.8) is 0 Å². The van der Waals surface area contributed by atoms with E-state index in [0.717, 1.165) is 12.7 Å². The molecule has 0 radical (unpaired) electrons. The molecule has 2 heteroatoms. The molecule has 0 aliphatic heterocycles. The van der Waals surface area contributed by atoms with Gasteiger partial charge in [-0.05, 0) is 0 Å². The van der Waals surface area contributed by atoms with E-state index in [1.54, 1.807) is 0 Å². The van der Waals surface area contributed by atoms with E-state index in [1.807, 2.05) is 6.07 Å². The topological polar surface area (TPSA) is 17.1 Å². The molecule has 0 saturated heterocycles. The molecule has 0 spiro atoms. The predicted molar refractivity (Wildman–Crippen MR) is 70.4 cm³/mol. The maximum atomic E-state index is 11.0. The number of rotatable bonds is 8. The molecule has 1 unspecified atom stereocenters. The molecule has 16 heavy (non-hydrogen) atoms. The second-order valence-electron chi connectivity index (χ2n) is 3.95. The second kappa shape index (κ2) is 8.55. The van der Waals surface area contributed by atoms with Crippen LogP contribution in [0.2, 0.25) is 4.82 Å². The molecule has 0 aliphatic carbocycles. The number of carbonyl (C=O) groups is 1. The van der Waals surface area contributed by atoms with E-state index in [9.17, 15) is 4.79 Å². The van der Waals surface area contributed by atoms with Crippen molar-refractivity contribution in [2.75, 3.05) is 0 Å². The van der Waals surface area contributed by atoms with Crippen LogP contribution in [-0.4, -0.2) is 21.2 Å². The van der Waals surface area contributed by atoms with Gasteiger partial charge >= 0.3 is 105 Å². The Morgan fingerprint density at radius 2 is 1.94 bits per heavy atom. The minimum atomic E-state index is 0.270. The van der Waals surface area contributed by atoms with Gasteiger partial charge < -0.3 is 0 Å². The van der Waals surface area contributed by atoms with Gasteiger partial charge in [-0.25, -0.2) is 0 Å². The van der Waals surface area contributed by atoms with Crippen LogP contribution in [0.1, 0.15) is 39.0 Å². The third-order valence-corrected chi connectivity index (χ3v) is 5.03. The first kappa shape index (κ1) is 13.5. The van der Waals surface area contributed by atoms with E-state index in [1.165, 1.54) is 30.1 Å². The van der Waals surface area contributed by atoms with E-state index in [2.05, 4.69) is 31.2 Å². The number of hydrogen-bond donors (Lipinski definition) is 0. The molecule has 88 valence electrons. The Bertz CT molecular complexity index is 284. The SMILES string of the molecule is CCCCCCC(C=O)[Se]c1ccccc1. The van der Waals surface area contributed by atoms with Gasteiger partial charge in [0.05, 0.1) is 0 Å². The molecular formula is C14H20OSe. The van der Waals surface area contributed by atoms with E-state index in [4.69, 9.17) is 0 Å². The van der Waals surface area contributed by atoms with Crippen LogP contribution in [0.5, 0.6) is 0 Å². The average Bonchev–Trinajstić information content (AvgIpc) is 2.34. The van der Waals surface area contributed by atoms with Crippen molar-refractivity contribution in [1.29, 1.82) is 0 Å². The summed E-state index contributed by atoms with van der Waals surface area (Å²) in [6.45, 7) is 2.21. The molecule has 1 rings (SSSR count). The third-order valence-electron chi connectivity index (χ3n) is 2.52. The molecule has 1 aromatic rings. The second-order valence-corrected chi connectivity index (χ2v) is 6.71. The van der Waals surface area contributed by atoms with Gasteiger partial charge in [-0.1, -0.05) is 0 Å². The summed E-state index contributed by atoms with van der Waals surface area (Å²) in [4.78, 5) is 11.3. The van der Waals surface area contributed by atoms with Crippen LogP contribution in [0.4, 0.5) is 0 Å². The monoisotopic (exact) mass is 284 g/mol. The van der Waals surface area contributed by atoms with Crippen LogP contribution in [0, 0.1) is 0 Å². The van der Waals surface area contributed by atoms with Gasteiger partial charge in [0.15, 0.2) is 0 Å². The fraction of sp³-hybridized carbons (Fsp3) is 0.500. The third kappa shape index (κ3) is 5.48. The fourth-order valence-electron chi connectivity index (χ4n) is 1.60. The van der Waals surface area contributed by atoms with Crippen molar-refractivity contribution >= 4 is 25.7 Å². The number of hydrogen-bond acceptors (Lipinski definition) is 1. The summed E-state index contributed by atoms with van der Waals surface area (Å²) < 4.78 is 1.34. The summed E-state index contributed by atoms with van der Waals surface area (Å²) in [7, 11) is 0. The van der Waals surface area contributed by atoms with Crippen LogP contribution in [0.3, 0.4) is 0 Å².